The number of halogens is 1. The molecule has 2 aliphatic rings. The summed E-state index contributed by atoms with van der Waals surface area (Å²) in [7, 11) is -1.23. The van der Waals surface area contributed by atoms with Crippen molar-refractivity contribution >= 4 is 43.6 Å². The van der Waals surface area contributed by atoms with Crippen LogP contribution < -0.4 is 0 Å². The molecular formula is C17H21IN2O3S. The van der Waals surface area contributed by atoms with E-state index in [4.69, 9.17) is 4.18 Å². The van der Waals surface area contributed by atoms with E-state index in [0.717, 1.165) is 25.6 Å². The Balaban J connectivity index is 1.69. The van der Waals surface area contributed by atoms with Crippen LogP contribution in [0.5, 0.6) is 0 Å². The summed E-state index contributed by atoms with van der Waals surface area (Å²) in [4.78, 5) is 5.89. The zero-order chi connectivity index (χ0) is 17.1. The standard InChI is InChI=1S/C17H21IN2O3S/c1-20-8-10(9-23-24(2,21)22)6-12-11-4-3-5-14-16(11)13(7-15(12)20)17(18)19-14/h3-5,10,12,15,19H,6-9H2,1-2H3/t10?,12-,15-/m0/s1. The quantitative estimate of drug-likeness (QED) is 0.566. The molecular weight excluding hydrogens is 439 g/mol. The molecule has 2 heterocycles. The van der Waals surface area contributed by atoms with Crippen molar-refractivity contribution in [2.45, 2.75) is 24.8 Å². The van der Waals surface area contributed by atoms with Crippen LogP contribution in [0.25, 0.3) is 10.9 Å². The molecule has 3 atom stereocenters. The summed E-state index contributed by atoms with van der Waals surface area (Å²) in [6.45, 7) is 1.16. The number of nitrogens with one attached hydrogen (secondary N) is 1. The van der Waals surface area contributed by atoms with Crippen LogP contribution >= 0.6 is 22.6 Å². The maximum atomic E-state index is 11.3. The molecule has 24 heavy (non-hydrogen) atoms. The van der Waals surface area contributed by atoms with E-state index < -0.39 is 10.1 Å². The second kappa shape index (κ2) is 5.96. The smallest absolute Gasteiger partial charge is 0.264 e. The summed E-state index contributed by atoms with van der Waals surface area (Å²) < 4.78 is 29.0. The van der Waals surface area contributed by atoms with Gasteiger partial charge in [-0.25, -0.2) is 0 Å². The highest BCUT2D eigenvalue weighted by Gasteiger charge is 2.40. The average Bonchev–Trinajstić information content (AvgIpc) is 2.83. The number of H-pyrrole nitrogens is 1. The van der Waals surface area contributed by atoms with E-state index >= 15 is 0 Å². The van der Waals surface area contributed by atoms with E-state index in [1.54, 1.807) is 0 Å². The Morgan fingerprint density at radius 3 is 2.96 bits per heavy atom. The Labute approximate surface area is 156 Å². The normalized spacial score (nSPS) is 27.4. The fraction of sp³-hybridized carbons (Fsp3) is 0.529. The van der Waals surface area contributed by atoms with Crippen LogP contribution in [0.2, 0.25) is 0 Å². The van der Waals surface area contributed by atoms with E-state index in [2.05, 4.69) is 57.7 Å². The first-order valence-electron chi connectivity index (χ1n) is 8.17. The van der Waals surface area contributed by atoms with E-state index in [0.29, 0.717) is 12.0 Å². The van der Waals surface area contributed by atoms with Gasteiger partial charge in [0.25, 0.3) is 10.1 Å². The molecule has 1 aromatic heterocycles. The van der Waals surface area contributed by atoms with E-state index in [-0.39, 0.29) is 12.5 Å². The molecule has 0 amide bonds. The van der Waals surface area contributed by atoms with Gasteiger partial charge in [0.2, 0.25) is 0 Å². The number of nitrogens with zero attached hydrogens (tertiary/aromatic N) is 1. The number of fused-ring (bicyclic) bond motifs is 2. The summed E-state index contributed by atoms with van der Waals surface area (Å²) in [5.41, 5.74) is 4.04. The SMILES string of the molecule is CN1CC(COS(C)(=O)=O)C[C@H]2c3cccc4[nH]c(I)c(c34)C[C@@H]21. The van der Waals surface area contributed by atoms with Crippen LogP contribution in [0.15, 0.2) is 18.2 Å². The zero-order valence-corrected chi connectivity index (χ0v) is 16.7. The number of aromatic nitrogens is 1. The van der Waals surface area contributed by atoms with E-state index in [1.165, 1.54) is 25.7 Å². The van der Waals surface area contributed by atoms with Gasteiger partial charge < -0.3 is 9.88 Å². The van der Waals surface area contributed by atoms with Gasteiger partial charge in [-0.05, 0) is 65.6 Å². The lowest BCUT2D eigenvalue weighted by molar-refractivity contribution is 0.0855. The summed E-state index contributed by atoms with van der Waals surface area (Å²) >= 11 is 2.40. The van der Waals surface area contributed by atoms with Gasteiger partial charge in [0.05, 0.1) is 16.6 Å². The predicted molar refractivity (Wildman–Crippen MR) is 103 cm³/mol. The van der Waals surface area contributed by atoms with Gasteiger partial charge in [-0.2, -0.15) is 8.42 Å². The highest BCUT2D eigenvalue weighted by molar-refractivity contribution is 14.1. The predicted octanol–water partition coefficient (Wildman–Crippen LogP) is 2.71. The highest BCUT2D eigenvalue weighted by atomic mass is 127. The highest BCUT2D eigenvalue weighted by Crippen LogP contribution is 2.45. The van der Waals surface area contributed by atoms with Crippen molar-refractivity contribution in [3.05, 3.63) is 33.0 Å². The third-order valence-corrected chi connectivity index (χ3v) is 6.89. The number of aromatic amines is 1. The van der Waals surface area contributed by atoms with Gasteiger partial charge >= 0.3 is 0 Å². The lowest BCUT2D eigenvalue weighted by Gasteiger charge is -2.45. The molecule has 0 spiro atoms. The number of benzene rings is 1. The van der Waals surface area contributed by atoms with Crippen molar-refractivity contribution in [2.24, 2.45) is 5.92 Å². The Hall–Kier alpha value is -0.640. The Kier molecular flexibility index (Phi) is 4.18. The van der Waals surface area contributed by atoms with Gasteiger partial charge in [0.1, 0.15) is 0 Å². The second-order valence-corrected chi connectivity index (χ2v) is 9.82. The number of likely N-dealkylation sites (tertiary alicyclic amines) is 1. The molecule has 0 saturated carbocycles. The molecule has 1 aliphatic heterocycles. The van der Waals surface area contributed by atoms with Crippen LogP contribution in [0.4, 0.5) is 0 Å². The molecule has 1 unspecified atom stereocenters. The molecule has 0 bridgehead atoms. The number of rotatable bonds is 3. The fourth-order valence-corrected chi connectivity index (χ4v) is 5.66. The van der Waals surface area contributed by atoms with Crippen LogP contribution in [0, 0.1) is 9.62 Å². The minimum Gasteiger partial charge on any atom is -0.350 e. The molecule has 0 radical (unpaired) electrons. The average molecular weight is 460 g/mol. The minimum absolute atomic E-state index is 0.237. The molecule has 1 N–H and O–H groups in total. The molecule has 1 aromatic carbocycles. The van der Waals surface area contributed by atoms with Gasteiger partial charge in [0, 0.05) is 29.4 Å². The second-order valence-electron chi connectivity index (χ2n) is 7.10. The molecule has 130 valence electrons. The Morgan fingerprint density at radius 1 is 1.42 bits per heavy atom. The first-order valence-corrected chi connectivity index (χ1v) is 11.1. The van der Waals surface area contributed by atoms with Crippen molar-refractivity contribution < 1.29 is 12.6 Å². The maximum Gasteiger partial charge on any atom is 0.264 e. The first-order chi connectivity index (χ1) is 11.3. The van der Waals surface area contributed by atoms with Crippen molar-refractivity contribution in [1.82, 2.24) is 9.88 Å². The summed E-state index contributed by atoms with van der Waals surface area (Å²) in [6.07, 6.45) is 3.15. The summed E-state index contributed by atoms with van der Waals surface area (Å²) in [6, 6.07) is 6.97. The van der Waals surface area contributed by atoms with Gasteiger partial charge in [-0.1, -0.05) is 12.1 Å². The molecule has 1 fully saturated rings. The summed E-state index contributed by atoms with van der Waals surface area (Å²) in [5, 5.41) is 1.38. The molecule has 4 rings (SSSR count). The van der Waals surface area contributed by atoms with Crippen molar-refractivity contribution in [3.8, 4) is 0 Å². The number of piperidine rings is 1. The molecule has 2 aromatic rings. The third-order valence-electron chi connectivity index (χ3n) is 5.40. The van der Waals surface area contributed by atoms with Crippen molar-refractivity contribution in [3.63, 3.8) is 0 Å². The third kappa shape index (κ3) is 2.89. The van der Waals surface area contributed by atoms with Crippen molar-refractivity contribution in [1.29, 1.82) is 0 Å². The fourth-order valence-electron chi connectivity index (χ4n) is 4.44. The van der Waals surface area contributed by atoms with Crippen LogP contribution in [0.1, 0.15) is 23.5 Å². The van der Waals surface area contributed by atoms with Crippen LogP contribution in [-0.2, 0) is 20.7 Å². The molecule has 1 saturated heterocycles. The van der Waals surface area contributed by atoms with Gasteiger partial charge in [0.15, 0.2) is 0 Å². The first kappa shape index (κ1) is 16.8. The van der Waals surface area contributed by atoms with Crippen molar-refractivity contribution in [2.75, 3.05) is 26.5 Å². The molecule has 1 aliphatic carbocycles. The monoisotopic (exact) mass is 460 g/mol. The number of likely N-dealkylation sites (N-methyl/N-ethyl adjacent to an activating group) is 1. The molecule has 7 heteroatoms. The minimum atomic E-state index is -3.38. The number of hydrogen-bond donors (Lipinski definition) is 1. The van der Waals surface area contributed by atoms with Crippen LogP contribution in [-0.4, -0.2) is 50.8 Å². The number of hydrogen-bond acceptors (Lipinski definition) is 4. The van der Waals surface area contributed by atoms with E-state index in [9.17, 15) is 8.42 Å². The largest absolute Gasteiger partial charge is 0.350 e. The topological polar surface area (TPSA) is 62.4 Å². The van der Waals surface area contributed by atoms with Crippen LogP contribution in [0.3, 0.4) is 0 Å². The molecule has 5 nitrogen and oxygen atoms in total. The van der Waals surface area contributed by atoms with Gasteiger partial charge in [-0.3, -0.25) is 4.18 Å². The van der Waals surface area contributed by atoms with Gasteiger partial charge in [-0.15, -0.1) is 0 Å². The Morgan fingerprint density at radius 2 is 2.21 bits per heavy atom. The zero-order valence-electron chi connectivity index (χ0n) is 13.8. The van der Waals surface area contributed by atoms with E-state index in [1.807, 2.05) is 0 Å². The Bertz CT molecular complexity index is 893. The maximum absolute atomic E-state index is 11.3. The lowest BCUT2D eigenvalue weighted by Crippen LogP contribution is -2.48. The summed E-state index contributed by atoms with van der Waals surface area (Å²) in [5.74, 6) is 0.667. The lowest BCUT2D eigenvalue weighted by atomic mass is 9.72.